The van der Waals surface area contributed by atoms with Gasteiger partial charge in [-0.3, -0.25) is 29.9 Å². The summed E-state index contributed by atoms with van der Waals surface area (Å²) in [6.45, 7) is -0.468. The van der Waals surface area contributed by atoms with Gasteiger partial charge in [0.2, 0.25) is 0 Å². The van der Waals surface area contributed by atoms with Gasteiger partial charge in [0.25, 0.3) is 23.4 Å². The second-order valence-electron chi connectivity index (χ2n) is 5.71. The summed E-state index contributed by atoms with van der Waals surface area (Å²) in [7, 11) is 0. The predicted octanol–water partition coefficient (Wildman–Crippen LogP) is 0.920. The lowest BCUT2D eigenvalue weighted by molar-refractivity contribution is -0.384. The third-order valence-corrected chi connectivity index (χ3v) is 3.78. The summed E-state index contributed by atoms with van der Waals surface area (Å²) >= 11 is 0. The number of rotatable bonds is 6. The Bertz CT molecular complexity index is 1000. The first-order chi connectivity index (χ1) is 13.4. The van der Waals surface area contributed by atoms with E-state index in [2.05, 4.69) is 5.43 Å². The number of nitrogens with two attached hydrogens (primary N) is 1. The maximum Gasteiger partial charge on any atom is 0.282 e. The molecule has 1 heterocycles. The minimum atomic E-state index is -0.748. The normalized spacial score (nSPS) is 14.9. The van der Waals surface area contributed by atoms with Crippen LogP contribution in [-0.2, 0) is 14.4 Å². The second kappa shape index (κ2) is 7.58. The molecule has 1 aliphatic heterocycles. The van der Waals surface area contributed by atoms with Crippen LogP contribution in [0.4, 0.5) is 11.4 Å². The number of nitrogens with zero attached hydrogens (tertiary/aromatic N) is 2. The Labute approximate surface area is 158 Å². The predicted molar refractivity (Wildman–Crippen MR) is 97.8 cm³/mol. The quantitative estimate of drug-likeness (QED) is 0.329. The third-order valence-electron chi connectivity index (χ3n) is 3.78. The minimum absolute atomic E-state index is 0.0654. The van der Waals surface area contributed by atoms with Crippen molar-refractivity contribution >= 4 is 35.2 Å². The van der Waals surface area contributed by atoms with Crippen LogP contribution in [0.15, 0.2) is 54.1 Å². The molecule has 1 saturated heterocycles. The monoisotopic (exact) mass is 382 g/mol. The number of carbonyl (C=O) groups is 3. The number of nitrogens with one attached hydrogen (secondary N) is 1. The summed E-state index contributed by atoms with van der Waals surface area (Å²) in [5.74, 6) is -2.00. The van der Waals surface area contributed by atoms with Gasteiger partial charge in [0, 0.05) is 17.7 Å². The number of hydrogen-bond acceptors (Lipinski definition) is 6. The molecule has 2 aromatic carbocycles. The molecular weight excluding hydrogens is 368 g/mol. The maximum absolute atomic E-state index is 12.6. The highest BCUT2D eigenvalue weighted by Gasteiger charge is 2.34. The number of hydrogen-bond donors (Lipinski definition) is 2. The van der Waals surface area contributed by atoms with E-state index in [1.807, 2.05) is 0 Å². The molecule has 10 nitrogen and oxygen atoms in total. The van der Waals surface area contributed by atoms with E-state index in [0.717, 1.165) is 11.1 Å². The van der Waals surface area contributed by atoms with E-state index in [1.54, 1.807) is 30.3 Å². The zero-order valence-corrected chi connectivity index (χ0v) is 14.3. The van der Waals surface area contributed by atoms with Crippen molar-refractivity contribution in [3.8, 4) is 5.75 Å². The lowest BCUT2D eigenvalue weighted by Crippen LogP contribution is -2.35. The van der Waals surface area contributed by atoms with Gasteiger partial charge >= 0.3 is 0 Å². The molecule has 3 rings (SSSR count). The summed E-state index contributed by atoms with van der Waals surface area (Å²) in [5.41, 5.74) is 7.49. The number of benzene rings is 2. The van der Waals surface area contributed by atoms with Crippen LogP contribution in [0.1, 0.15) is 5.56 Å². The fourth-order valence-electron chi connectivity index (χ4n) is 2.51. The molecule has 0 bridgehead atoms. The minimum Gasteiger partial charge on any atom is -0.483 e. The van der Waals surface area contributed by atoms with Crippen molar-refractivity contribution in [2.45, 2.75) is 0 Å². The average molecular weight is 382 g/mol. The van der Waals surface area contributed by atoms with Gasteiger partial charge in [0.15, 0.2) is 6.61 Å². The number of non-ortho nitro benzene ring substituents is 1. The summed E-state index contributed by atoms with van der Waals surface area (Å²) < 4.78 is 5.23. The number of nitro benzene ring substituents is 1. The molecule has 3 N–H and O–H groups in total. The van der Waals surface area contributed by atoms with Crippen LogP contribution in [0, 0.1) is 10.1 Å². The Morgan fingerprint density at radius 2 is 1.93 bits per heavy atom. The SMILES string of the molecule is NC(=O)COc1ccc([N+](=O)[O-])cc1C=C1C(=O)NN(c2ccccc2)C1=O. The molecule has 3 amide bonds. The second-order valence-corrected chi connectivity index (χ2v) is 5.71. The van der Waals surface area contributed by atoms with Gasteiger partial charge in [0.05, 0.1) is 10.6 Å². The van der Waals surface area contributed by atoms with E-state index in [0.29, 0.717) is 5.69 Å². The molecule has 1 fully saturated rings. The topological polar surface area (TPSA) is 145 Å². The molecule has 1 aliphatic rings. The van der Waals surface area contributed by atoms with Crippen molar-refractivity contribution in [2.24, 2.45) is 5.73 Å². The molecule has 0 atom stereocenters. The summed E-state index contributed by atoms with van der Waals surface area (Å²) in [4.78, 5) is 46.3. The molecule has 0 spiro atoms. The average Bonchev–Trinajstić information content (AvgIpc) is 2.95. The molecule has 142 valence electrons. The fourth-order valence-corrected chi connectivity index (χ4v) is 2.51. The number of ether oxygens (including phenoxy) is 1. The Morgan fingerprint density at radius 3 is 2.57 bits per heavy atom. The van der Waals surface area contributed by atoms with E-state index in [-0.39, 0.29) is 22.6 Å². The molecule has 0 saturated carbocycles. The van der Waals surface area contributed by atoms with Gasteiger partial charge in [-0.05, 0) is 24.3 Å². The fraction of sp³-hybridized carbons (Fsp3) is 0.0556. The van der Waals surface area contributed by atoms with Gasteiger partial charge < -0.3 is 10.5 Å². The first kappa shape index (κ1) is 18.6. The Hall–Kier alpha value is -4.21. The first-order valence-corrected chi connectivity index (χ1v) is 7.98. The number of amides is 3. The highest BCUT2D eigenvalue weighted by molar-refractivity contribution is 6.31. The summed E-state index contributed by atoms with van der Waals surface area (Å²) in [6, 6.07) is 12.0. The molecule has 28 heavy (non-hydrogen) atoms. The number of para-hydroxylation sites is 1. The lowest BCUT2D eigenvalue weighted by Gasteiger charge is -2.13. The highest BCUT2D eigenvalue weighted by Crippen LogP contribution is 2.28. The number of anilines is 1. The maximum atomic E-state index is 12.6. The highest BCUT2D eigenvalue weighted by atomic mass is 16.6. The summed E-state index contributed by atoms with van der Waals surface area (Å²) in [6.07, 6.45) is 1.17. The van der Waals surface area contributed by atoms with Crippen molar-refractivity contribution in [1.82, 2.24) is 5.43 Å². The largest absolute Gasteiger partial charge is 0.483 e. The number of primary amides is 1. The van der Waals surface area contributed by atoms with Crippen LogP contribution in [-0.4, -0.2) is 29.3 Å². The van der Waals surface area contributed by atoms with Crippen molar-refractivity contribution in [3.63, 3.8) is 0 Å². The molecule has 0 aliphatic carbocycles. The molecule has 2 aromatic rings. The third kappa shape index (κ3) is 3.80. The Kier molecular flexibility index (Phi) is 5.03. The van der Waals surface area contributed by atoms with Crippen LogP contribution < -0.4 is 20.9 Å². The smallest absolute Gasteiger partial charge is 0.282 e. The van der Waals surface area contributed by atoms with Gasteiger partial charge in [-0.2, -0.15) is 0 Å². The van der Waals surface area contributed by atoms with E-state index < -0.39 is 29.3 Å². The van der Waals surface area contributed by atoms with E-state index in [4.69, 9.17) is 10.5 Å². The van der Waals surface area contributed by atoms with Crippen LogP contribution in [0.5, 0.6) is 5.75 Å². The van der Waals surface area contributed by atoms with Gasteiger partial charge in [-0.15, -0.1) is 0 Å². The van der Waals surface area contributed by atoms with Gasteiger partial charge in [-0.25, -0.2) is 5.01 Å². The van der Waals surface area contributed by atoms with Crippen molar-refractivity contribution < 1.29 is 24.0 Å². The van der Waals surface area contributed by atoms with Crippen LogP contribution in [0.2, 0.25) is 0 Å². The van der Waals surface area contributed by atoms with Gasteiger partial charge in [-0.1, -0.05) is 18.2 Å². The summed E-state index contributed by atoms with van der Waals surface area (Å²) in [5, 5.41) is 12.1. The van der Waals surface area contributed by atoms with Crippen LogP contribution in [0.3, 0.4) is 0 Å². The molecule has 0 aromatic heterocycles. The molecule has 0 radical (unpaired) electrons. The number of carbonyl (C=O) groups excluding carboxylic acids is 3. The van der Waals surface area contributed by atoms with E-state index in [1.165, 1.54) is 18.2 Å². The van der Waals surface area contributed by atoms with Crippen molar-refractivity contribution in [3.05, 3.63) is 69.8 Å². The molecular formula is C18H14N4O6. The Balaban J connectivity index is 2.00. The lowest BCUT2D eigenvalue weighted by atomic mass is 10.1. The molecule has 0 unspecified atom stereocenters. The standard InChI is InChI=1S/C18H14N4O6/c19-16(23)10-28-15-7-6-13(22(26)27)8-11(15)9-14-17(24)20-21(18(14)25)12-4-2-1-3-5-12/h1-9H,10H2,(H2,19,23)(H,20,24). The molecule has 10 heteroatoms. The number of hydrazine groups is 1. The zero-order chi connectivity index (χ0) is 20.3. The van der Waals surface area contributed by atoms with Crippen molar-refractivity contribution in [2.75, 3.05) is 11.6 Å². The van der Waals surface area contributed by atoms with Gasteiger partial charge in [0.1, 0.15) is 11.3 Å². The van der Waals surface area contributed by atoms with Crippen LogP contribution in [0.25, 0.3) is 6.08 Å². The van der Waals surface area contributed by atoms with E-state index in [9.17, 15) is 24.5 Å². The van der Waals surface area contributed by atoms with E-state index >= 15 is 0 Å². The van der Waals surface area contributed by atoms with Crippen molar-refractivity contribution in [1.29, 1.82) is 0 Å². The first-order valence-electron chi connectivity index (χ1n) is 7.98. The number of nitro groups is 1. The zero-order valence-electron chi connectivity index (χ0n) is 14.3. The Morgan fingerprint density at radius 1 is 1.21 bits per heavy atom. The van der Waals surface area contributed by atoms with Crippen LogP contribution >= 0.6 is 0 Å².